The summed E-state index contributed by atoms with van der Waals surface area (Å²) in [4.78, 5) is 18.4. The molecule has 0 aliphatic heterocycles. The Kier molecular flexibility index (Phi) is 6.72. The zero-order valence-electron chi connectivity index (χ0n) is 20.2. The number of nitrogens with zero attached hydrogens (tertiary/aromatic N) is 5. The van der Waals surface area contributed by atoms with E-state index in [1.165, 1.54) is 25.0 Å². The van der Waals surface area contributed by atoms with Crippen LogP contribution in [0.15, 0.2) is 53.3 Å². The Bertz CT molecular complexity index is 1360. The first-order valence-corrected chi connectivity index (χ1v) is 12.4. The molecular weight excluding hydrogens is 443 g/mol. The van der Waals surface area contributed by atoms with Gasteiger partial charge in [-0.3, -0.25) is 9.69 Å². The second-order valence-corrected chi connectivity index (χ2v) is 9.54. The minimum absolute atomic E-state index is 0.0942. The van der Waals surface area contributed by atoms with Gasteiger partial charge in [0.25, 0.3) is 5.56 Å². The van der Waals surface area contributed by atoms with Crippen molar-refractivity contribution in [2.24, 2.45) is 0 Å². The Labute approximate surface area is 204 Å². The Balaban J connectivity index is 1.53. The number of para-hydroxylation sites is 1. The van der Waals surface area contributed by atoms with Crippen LogP contribution < -0.4 is 5.56 Å². The molecule has 0 bridgehead atoms. The van der Waals surface area contributed by atoms with Gasteiger partial charge in [0.15, 0.2) is 5.82 Å². The van der Waals surface area contributed by atoms with E-state index >= 15 is 0 Å². The number of aromatic nitrogens is 5. The van der Waals surface area contributed by atoms with Gasteiger partial charge in [-0.25, -0.2) is 9.07 Å². The highest BCUT2D eigenvalue weighted by Gasteiger charge is 2.29. The molecule has 2 aromatic heterocycles. The fraction of sp³-hybridized carbons (Fsp3) is 0.407. The summed E-state index contributed by atoms with van der Waals surface area (Å²) in [6.07, 6.45) is 5.31. The monoisotopic (exact) mass is 474 g/mol. The van der Waals surface area contributed by atoms with Gasteiger partial charge in [0.1, 0.15) is 5.82 Å². The predicted molar refractivity (Wildman–Crippen MR) is 133 cm³/mol. The summed E-state index contributed by atoms with van der Waals surface area (Å²) >= 11 is 0. The number of tetrazole rings is 1. The molecule has 7 nitrogen and oxygen atoms in total. The van der Waals surface area contributed by atoms with Crippen molar-refractivity contribution >= 4 is 10.9 Å². The number of pyridine rings is 1. The van der Waals surface area contributed by atoms with E-state index in [1.807, 2.05) is 35.9 Å². The van der Waals surface area contributed by atoms with Crippen LogP contribution in [0, 0.1) is 12.7 Å². The molecule has 35 heavy (non-hydrogen) atoms. The molecule has 5 rings (SSSR count). The van der Waals surface area contributed by atoms with Crippen molar-refractivity contribution in [3.8, 4) is 0 Å². The molecule has 1 fully saturated rings. The van der Waals surface area contributed by atoms with E-state index in [-0.39, 0.29) is 17.4 Å². The molecular formula is C27H31FN6O. The molecule has 0 radical (unpaired) electrons. The van der Waals surface area contributed by atoms with Gasteiger partial charge in [0, 0.05) is 18.7 Å². The number of H-pyrrole nitrogens is 1. The molecule has 2 heterocycles. The number of aromatic amines is 1. The normalized spacial score (nSPS) is 15.3. The molecule has 182 valence electrons. The molecule has 1 N–H and O–H groups in total. The summed E-state index contributed by atoms with van der Waals surface area (Å²) in [6.45, 7) is 5.08. The van der Waals surface area contributed by atoms with Crippen LogP contribution in [0.3, 0.4) is 0 Å². The van der Waals surface area contributed by atoms with Crippen molar-refractivity contribution in [2.75, 3.05) is 0 Å². The van der Waals surface area contributed by atoms with E-state index < -0.39 is 0 Å². The maximum atomic E-state index is 13.6. The van der Waals surface area contributed by atoms with Gasteiger partial charge in [0.05, 0.1) is 17.6 Å². The molecule has 1 aliphatic rings. The topological polar surface area (TPSA) is 79.7 Å². The van der Waals surface area contributed by atoms with E-state index in [2.05, 4.69) is 32.3 Å². The van der Waals surface area contributed by atoms with Gasteiger partial charge in [-0.05, 0) is 71.3 Å². The number of hydrogen-bond donors (Lipinski definition) is 1. The first-order valence-electron chi connectivity index (χ1n) is 12.4. The first-order chi connectivity index (χ1) is 17.0. The molecule has 4 aromatic rings. The van der Waals surface area contributed by atoms with Crippen molar-refractivity contribution in [3.63, 3.8) is 0 Å². The molecule has 0 spiro atoms. The lowest BCUT2D eigenvalue weighted by Gasteiger charge is -2.31. The van der Waals surface area contributed by atoms with Gasteiger partial charge in [0.2, 0.25) is 0 Å². The van der Waals surface area contributed by atoms with Crippen LogP contribution in [0.5, 0.6) is 0 Å². The third-order valence-corrected chi connectivity index (χ3v) is 7.15. The number of aryl methyl sites for hydroxylation is 1. The smallest absolute Gasteiger partial charge is 0.252 e. The summed E-state index contributed by atoms with van der Waals surface area (Å²) in [5, 5.41) is 13.8. The lowest BCUT2D eigenvalue weighted by molar-refractivity contribution is 0.158. The standard InChI is InChI=1S/C27H31FN6O/c1-3-24(26-30-31-32-34(26)23-9-4-5-10-23)33(16-19-11-13-22(28)14-12-19)17-21-15-20-8-6-7-18(2)25(20)29-27(21)35/h6-8,11-15,23-24H,3-5,9-10,16-17H2,1-2H3,(H,29,35)/t24-/m0/s1. The summed E-state index contributed by atoms with van der Waals surface area (Å²) in [7, 11) is 0. The first kappa shape index (κ1) is 23.4. The highest BCUT2D eigenvalue weighted by Crippen LogP contribution is 2.33. The maximum Gasteiger partial charge on any atom is 0.252 e. The average molecular weight is 475 g/mol. The van der Waals surface area contributed by atoms with E-state index in [4.69, 9.17) is 0 Å². The van der Waals surface area contributed by atoms with Crippen LogP contribution >= 0.6 is 0 Å². The van der Waals surface area contributed by atoms with E-state index in [1.54, 1.807) is 12.1 Å². The van der Waals surface area contributed by atoms with E-state index in [9.17, 15) is 9.18 Å². The van der Waals surface area contributed by atoms with Crippen LogP contribution in [-0.2, 0) is 13.1 Å². The van der Waals surface area contributed by atoms with Gasteiger partial charge >= 0.3 is 0 Å². The summed E-state index contributed by atoms with van der Waals surface area (Å²) in [6, 6.07) is 14.7. The maximum absolute atomic E-state index is 13.6. The van der Waals surface area contributed by atoms with Gasteiger partial charge < -0.3 is 4.98 Å². The lowest BCUT2D eigenvalue weighted by Crippen LogP contribution is -2.32. The third kappa shape index (κ3) is 4.89. The summed E-state index contributed by atoms with van der Waals surface area (Å²) in [5.41, 5.74) is 3.46. The average Bonchev–Trinajstić information content (AvgIpc) is 3.54. The summed E-state index contributed by atoms with van der Waals surface area (Å²) < 4.78 is 15.6. The fourth-order valence-electron chi connectivity index (χ4n) is 5.30. The van der Waals surface area contributed by atoms with Gasteiger partial charge in [-0.1, -0.05) is 50.1 Å². The van der Waals surface area contributed by atoms with Crippen molar-refractivity contribution in [1.82, 2.24) is 30.1 Å². The van der Waals surface area contributed by atoms with E-state index in [0.717, 1.165) is 47.1 Å². The number of rotatable bonds is 8. The third-order valence-electron chi connectivity index (χ3n) is 7.15. The molecule has 1 atom stereocenters. The lowest BCUT2D eigenvalue weighted by atomic mass is 10.1. The summed E-state index contributed by atoms with van der Waals surface area (Å²) in [5.74, 6) is 0.563. The second-order valence-electron chi connectivity index (χ2n) is 9.54. The molecule has 0 unspecified atom stereocenters. The largest absolute Gasteiger partial charge is 0.321 e. The highest BCUT2D eigenvalue weighted by molar-refractivity contribution is 5.81. The zero-order valence-corrected chi connectivity index (χ0v) is 20.2. The zero-order chi connectivity index (χ0) is 24.4. The molecule has 1 saturated carbocycles. The Morgan fingerprint density at radius 3 is 2.66 bits per heavy atom. The second kappa shape index (κ2) is 10.1. The molecule has 2 aromatic carbocycles. The predicted octanol–water partition coefficient (Wildman–Crippen LogP) is 5.23. The van der Waals surface area contributed by atoms with Gasteiger partial charge in [-0.2, -0.15) is 0 Å². The quantitative estimate of drug-likeness (QED) is 0.378. The number of hydrogen-bond acceptors (Lipinski definition) is 5. The minimum atomic E-state index is -0.265. The van der Waals surface area contributed by atoms with Crippen LogP contribution in [-0.4, -0.2) is 30.1 Å². The number of benzene rings is 2. The number of nitrogens with one attached hydrogen (secondary N) is 1. The molecule has 0 amide bonds. The molecule has 1 aliphatic carbocycles. The molecule has 8 heteroatoms. The van der Waals surface area contributed by atoms with Crippen LogP contribution in [0.4, 0.5) is 4.39 Å². The van der Waals surface area contributed by atoms with Crippen LogP contribution in [0.1, 0.15) is 73.6 Å². The van der Waals surface area contributed by atoms with Crippen LogP contribution in [0.25, 0.3) is 10.9 Å². The van der Waals surface area contributed by atoms with E-state index in [0.29, 0.717) is 24.7 Å². The van der Waals surface area contributed by atoms with Crippen molar-refractivity contribution < 1.29 is 4.39 Å². The highest BCUT2D eigenvalue weighted by atomic mass is 19.1. The Morgan fingerprint density at radius 2 is 1.91 bits per heavy atom. The Morgan fingerprint density at radius 1 is 1.14 bits per heavy atom. The Hall–Kier alpha value is -3.39. The molecule has 0 saturated heterocycles. The van der Waals surface area contributed by atoms with Crippen molar-refractivity contribution in [3.05, 3.63) is 87.2 Å². The number of halogens is 1. The minimum Gasteiger partial charge on any atom is -0.321 e. The fourth-order valence-corrected chi connectivity index (χ4v) is 5.30. The number of fused-ring (bicyclic) bond motifs is 1. The van der Waals surface area contributed by atoms with Gasteiger partial charge in [-0.15, -0.1) is 5.10 Å². The van der Waals surface area contributed by atoms with Crippen LogP contribution in [0.2, 0.25) is 0 Å². The van der Waals surface area contributed by atoms with Crippen molar-refractivity contribution in [2.45, 2.75) is 71.1 Å². The SMILES string of the molecule is CC[C@@H](c1nnnn1C1CCCC1)N(Cc1ccc(F)cc1)Cc1cc2cccc(C)c2[nH]c1=O. The van der Waals surface area contributed by atoms with Crippen molar-refractivity contribution in [1.29, 1.82) is 0 Å².